The van der Waals surface area contributed by atoms with Crippen LogP contribution in [0.1, 0.15) is 32.6 Å². The van der Waals surface area contributed by atoms with Gasteiger partial charge in [-0.25, -0.2) is 0 Å². The Morgan fingerprint density at radius 3 is 2.15 bits per heavy atom. The maximum atomic E-state index is 13.5. The molecule has 0 aromatic heterocycles. The third-order valence-electron chi connectivity index (χ3n) is 6.24. The van der Waals surface area contributed by atoms with E-state index in [2.05, 4.69) is 6.07 Å². The zero-order chi connectivity index (χ0) is 17.8. The van der Waals surface area contributed by atoms with Gasteiger partial charge in [-0.15, -0.1) is 0 Å². The molecule has 1 N–H and O–H groups in total. The summed E-state index contributed by atoms with van der Waals surface area (Å²) in [5, 5.41) is 12.1. The van der Waals surface area contributed by atoms with Crippen LogP contribution in [0.25, 0.3) is 0 Å². The van der Waals surface area contributed by atoms with Crippen molar-refractivity contribution in [3.63, 3.8) is 0 Å². The van der Waals surface area contributed by atoms with E-state index in [4.69, 9.17) is 0 Å². The van der Waals surface area contributed by atoms with Gasteiger partial charge >= 0.3 is 0 Å². The molecule has 2 aliphatic carbocycles. The Morgan fingerprint density at radius 1 is 0.769 bits per heavy atom. The number of carbonyl (C=O) groups excluding carboxylic acids is 1. The van der Waals surface area contributed by atoms with E-state index in [1.54, 1.807) is 0 Å². The molecule has 2 aliphatic rings. The first-order valence-electron chi connectivity index (χ1n) is 9.11. The molecular weight excluding hydrogens is 320 g/mol. The molecule has 0 amide bonds. The van der Waals surface area contributed by atoms with Crippen LogP contribution in [0.5, 0.6) is 0 Å². The van der Waals surface area contributed by atoms with E-state index in [1.165, 1.54) is 0 Å². The minimum absolute atomic E-state index is 0.0859. The molecule has 0 saturated carbocycles. The van der Waals surface area contributed by atoms with Crippen molar-refractivity contribution in [3.8, 4) is 0 Å². The number of carbonyl (C=O) groups is 1. The second-order valence-corrected chi connectivity index (χ2v) is 7.60. The predicted molar refractivity (Wildman–Crippen MR) is 101 cm³/mol. The summed E-state index contributed by atoms with van der Waals surface area (Å²) in [5.74, 6) is 0.0859. The normalized spacial score (nSPS) is 26.1. The molecule has 0 heterocycles. The molecule has 2 atom stereocenters. The zero-order valence-corrected chi connectivity index (χ0v) is 14.5. The van der Waals surface area contributed by atoms with Gasteiger partial charge in [-0.3, -0.25) is 4.79 Å². The lowest BCUT2D eigenvalue weighted by Gasteiger charge is -2.39. The van der Waals surface area contributed by atoms with Crippen LogP contribution in [0, 0.1) is 5.41 Å². The number of hydrogen-bond acceptors (Lipinski definition) is 2. The number of benzene rings is 3. The molecule has 2 heteroatoms. The van der Waals surface area contributed by atoms with E-state index < -0.39 is 11.0 Å². The van der Waals surface area contributed by atoms with Crippen molar-refractivity contribution in [2.45, 2.75) is 24.9 Å². The lowest BCUT2D eigenvalue weighted by Crippen LogP contribution is -2.48. The largest absolute Gasteiger partial charge is 0.384 e. The standard InChI is InChI=1S/C24H20O2/c25-22-20-12-6-4-10-18(20)15-23(22)16-19-11-5-7-13-21(19)24(23,26)14-17-8-2-1-3-9-17/h1-13,26H,14-16H2. The van der Waals surface area contributed by atoms with Gasteiger partial charge in [-0.05, 0) is 35.1 Å². The van der Waals surface area contributed by atoms with Gasteiger partial charge in [0.1, 0.15) is 5.60 Å². The molecule has 5 rings (SSSR count). The van der Waals surface area contributed by atoms with Crippen molar-refractivity contribution in [2.75, 3.05) is 0 Å². The molecule has 0 bridgehead atoms. The van der Waals surface area contributed by atoms with Crippen LogP contribution in [0.2, 0.25) is 0 Å². The Bertz CT molecular complexity index is 1000. The Hall–Kier alpha value is -2.71. The van der Waals surface area contributed by atoms with Crippen molar-refractivity contribution in [1.82, 2.24) is 0 Å². The summed E-state index contributed by atoms with van der Waals surface area (Å²) in [4.78, 5) is 13.5. The van der Waals surface area contributed by atoms with Crippen molar-refractivity contribution in [2.24, 2.45) is 5.41 Å². The third kappa shape index (κ3) is 1.94. The molecule has 26 heavy (non-hydrogen) atoms. The lowest BCUT2D eigenvalue weighted by atomic mass is 9.67. The minimum Gasteiger partial charge on any atom is -0.384 e. The fourth-order valence-corrected chi connectivity index (χ4v) is 5.00. The number of rotatable bonds is 2. The van der Waals surface area contributed by atoms with E-state index >= 15 is 0 Å². The highest BCUT2D eigenvalue weighted by Crippen LogP contribution is 2.58. The zero-order valence-electron chi connectivity index (χ0n) is 14.5. The molecule has 0 saturated heterocycles. The first-order chi connectivity index (χ1) is 12.6. The lowest BCUT2D eigenvalue weighted by molar-refractivity contribution is -0.0558. The maximum Gasteiger partial charge on any atom is 0.173 e. The average molecular weight is 340 g/mol. The van der Waals surface area contributed by atoms with Crippen LogP contribution in [-0.4, -0.2) is 10.9 Å². The molecule has 0 fully saturated rings. The number of hydrogen-bond donors (Lipinski definition) is 1. The molecule has 2 nitrogen and oxygen atoms in total. The van der Waals surface area contributed by atoms with Gasteiger partial charge in [0.2, 0.25) is 0 Å². The highest BCUT2D eigenvalue weighted by atomic mass is 16.3. The smallest absolute Gasteiger partial charge is 0.173 e. The van der Waals surface area contributed by atoms with E-state index in [-0.39, 0.29) is 5.78 Å². The molecule has 0 aliphatic heterocycles. The molecule has 0 radical (unpaired) electrons. The van der Waals surface area contributed by atoms with Gasteiger partial charge < -0.3 is 5.11 Å². The highest BCUT2D eigenvalue weighted by molar-refractivity contribution is 6.06. The van der Waals surface area contributed by atoms with E-state index in [9.17, 15) is 9.90 Å². The molecular formula is C24H20O2. The van der Waals surface area contributed by atoms with Crippen LogP contribution < -0.4 is 0 Å². The third-order valence-corrected chi connectivity index (χ3v) is 6.24. The summed E-state index contributed by atoms with van der Waals surface area (Å²) in [6, 6.07) is 25.8. The molecule has 3 aromatic carbocycles. The van der Waals surface area contributed by atoms with Crippen LogP contribution >= 0.6 is 0 Å². The van der Waals surface area contributed by atoms with E-state index in [1.807, 2.05) is 72.8 Å². The number of fused-ring (bicyclic) bond motifs is 2. The second-order valence-electron chi connectivity index (χ2n) is 7.60. The monoisotopic (exact) mass is 340 g/mol. The van der Waals surface area contributed by atoms with Crippen LogP contribution in [0.15, 0.2) is 78.9 Å². The number of Topliss-reactive ketones (excluding diaryl/α,β-unsaturated/α-hetero) is 1. The summed E-state index contributed by atoms with van der Waals surface area (Å²) < 4.78 is 0. The SMILES string of the molecule is O=C1c2ccccc2CC12Cc1ccccc1C2(O)Cc1ccccc1. The van der Waals surface area contributed by atoms with Crippen molar-refractivity contribution < 1.29 is 9.90 Å². The van der Waals surface area contributed by atoms with E-state index in [0.717, 1.165) is 27.8 Å². The van der Waals surface area contributed by atoms with E-state index in [0.29, 0.717) is 19.3 Å². The van der Waals surface area contributed by atoms with Gasteiger partial charge in [-0.2, -0.15) is 0 Å². The fraction of sp³-hybridized carbons (Fsp3) is 0.208. The van der Waals surface area contributed by atoms with Gasteiger partial charge in [0.05, 0.1) is 5.41 Å². The van der Waals surface area contributed by atoms with Crippen molar-refractivity contribution >= 4 is 5.78 Å². The summed E-state index contributed by atoms with van der Waals surface area (Å²) in [7, 11) is 0. The van der Waals surface area contributed by atoms with Crippen LogP contribution in [0.3, 0.4) is 0 Å². The van der Waals surface area contributed by atoms with Crippen LogP contribution in [0.4, 0.5) is 0 Å². The minimum atomic E-state index is -1.19. The summed E-state index contributed by atoms with van der Waals surface area (Å²) in [6.45, 7) is 0. The van der Waals surface area contributed by atoms with Gasteiger partial charge in [0, 0.05) is 12.0 Å². The fourth-order valence-electron chi connectivity index (χ4n) is 5.00. The maximum absolute atomic E-state index is 13.5. The highest BCUT2D eigenvalue weighted by Gasteiger charge is 2.63. The van der Waals surface area contributed by atoms with Crippen LogP contribution in [-0.2, 0) is 24.9 Å². The Labute approximate surface area is 153 Å². The summed E-state index contributed by atoms with van der Waals surface area (Å²) in [5.41, 5.74) is 2.87. The van der Waals surface area contributed by atoms with Gasteiger partial charge in [-0.1, -0.05) is 78.9 Å². The first-order valence-corrected chi connectivity index (χ1v) is 9.11. The molecule has 3 aromatic rings. The topological polar surface area (TPSA) is 37.3 Å². The average Bonchev–Trinajstić information content (AvgIpc) is 3.09. The quantitative estimate of drug-likeness (QED) is 0.763. The summed E-state index contributed by atoms with van der Waals surface area (Å²) in [6.07, 6.45) is 1.64. The van der Waals surface area contributed by atoms with Crippen molar-refractivity contribution in [1.29, 1.82) is 0 Å². The number of ketones is 1. The second kappa shape index (κ2) is 5.39. The molecule has 1 spiro atoms. The Kier molecular flexibility index (Phi) is 3.22. The Balaban J connectivity index is 1.70. The predicted octanol–water partition coefficient (Wildman–Crippen LogP) is 4.10. The van der Waals surface area contributed by atoms with Gasteiger partial charge in [0.25, 0.3) is 0 Å². The number of aliphatic hydroxyl groups is 1. The first kappa shape index (κ1) is 15.5. The van der Waals surface area contributed by atoms with Gasteiger partial charge in [0.15, 0.2) is 5.78 Å². The summed E-state index contributed by atoms with van der Waals surface area (Å²) >= 11 is 0. The van der Waals surface area contributed by atoms with Crippen molar-refractivity contribution in [3.05, 3.63) is 107 Å². The Morgan fingerprint density at radius 2 is 1.38 bits per heavy atom. The molecule has 2 unspecified atom stereocenters. The molecule has 128 valence electrons.